The molecule has 0 aliphatic heterocycles. The Morgan fingerprint density at radius 2 is 1.94 bits per heavy atom. The molecule has 2 rings (SSSR count). The Bertz CT molecular complexity index is 508. The predicted molar refractivity (Wildman–Crippen MR) is 72.8 cm³/mol. The molecule has 0 spiro atoms. The highest BCUT2D eigenvalue weighted by Gasteiger charge is 2.04. The van der Waals surface area contributed by atoms with Crippen molar-refractivity contribution < 1.29 is 4.79 Å². The molecule has 18 heavy (non-hydrogen) atoms. The molecule has 1 aromatic carbocycles. The first-order valence-corrected chi connectivity index (χ1v) is 5.86. The topological polar surface area (TPSA) is 54.0 Å². The minimum Gasteiger partial charge on any atom is -0.370 e. The number of aromatic nitrogens is 1. The Morgan fingerprint density at radius 1 is 1.17 bits per heavy atom. The first-order chi connectivity index (χ1) is 8.79. The van der Waals surface area contributed by atoms with Gasteiger partial charge in [-0.05, 0) is 31.2 Å². The standard InChI is InChI=1S/C14H15N3O/c1-2-15-13-9-8-12(10-16-13)17-14(18)11-6-4-3-5-7-11/h3-10H,2H2,1H3,(H,15,16)(H,17,18). The van der Waals surface area contributed by atoms with E-state index in [0.717, 1.165) is 12.4 Å². The van der Waals surface area contributed by atoms with Crippen molar-refractivity contribution in [1.82, 2.24) is 4.98 Å². The highest BCUT2D eigenvalue weighted by Crippen LogP contribution is 2.11. The Labute approximate surface area is 106 Å². The number of carbonyl (C=O) groups is 1. The maximum absolute atomic E-state index is 11.9. The highest BCUT2D eigenvalue weighted by molar-refractivity contribution is 6.04. The molecule has 2 aromatic rings. The molecule has 4 nitrogen and oxygen atoms in total. The van der Waals surface area contributed by atoms with Crippen LogP contribution in [0, 0.1) is 0 Å². The number of rotatable bonds is 4. The van der Waals surface area contributed by atoms with Gasteiger partial charge in [-0.15, -0.1) is 0 Å². The van der Waals surface area contributed by atoms with E-state index in [0.29, 0.717) is 11.3 Å². The predicted octanol–water partition coefficient (Wildman–Crippen LogP) is 2.77. The summed E-state index contributed by atoms with van der Waals surface area (Å²) in [5, 5.41) is 5.89. The van der Waals surface area contributed by atoms with Crippen molar-refractivity contribution in [3.63, 3.8) is 0 Å². The number of pyridine rings is 1. The third kappa shape index (κ3) is 3.07. The SMILES string of the molecule is CCNc1ccc(NC(=O)c2ccccc2)cn1. The molecule has 0 bridgehead atoms. The van der Waals surface area contributed by atoms with Gasteiger partial charge in [0, 0.05) is 12.1 Å². The van der Waals surface area contributed by atoms with Crippen LogP contribution in [0.3, 0.4) is 0 Å². The number of hydrogen-bond acceptors (Lipinski definition) is 3. The van der Waals surface area contributed by atoms with Gasteiger partial charge in [0.1, 0.15) is 5.82 Å². The molecular weight excluding hydrogens is 226 g/mol. The van der Waals surface area contributed by atoms with E-state index in [-0.39, 0.29) is 5.91 Å². The second kappa shape index (κ2) is 5.82. The van der Waals surface area contributed by atoms with Crippen molar-refractivity contribution in [1.29, 1.82) is 0 Å². The quantitative estimate of drug-likeness (QED) is 0.865. The van der Waals surface area contributed by atoms with E-state index in [1.807, 2.05) is 37.3 Å². The summed E-state index contributed by atoms with van der Waals surface area (Å²) in [5.74, 6) is 0.670. The van der Waals surface area contributed by atoms with Crippen LogP contribution in [0.5, 0.6) is 0 Å². The van der Waals surface area contributed by atoms with Gasteiger partial charge in [-0.2, -0.15) is 0 Å². The summed E-state index contributed by atoms with van der Waals surface area (Å²) in [4.78, 5) is 16.1. The molecular formula is C14H15N3O. The van der Waals surface area contributed by atoms with E-state index >= 15 is 0 Å². The first-order valence-electron chi connectivity index (χ1n) is 5.86. The lowest BCUT2D eigenvalue weighted by Crippen LogP contribution is -2.12. The second-order valence-electron chi connectivity index (χ2n) is 3.78. The maximum Gasteiger partial charge on any atom is 0.255 e. The summed E-state index contributed by atoms with van der Waals surface area (Å²) in [7, 11) is 0. The molecule has 0 aliphatic rings. The summed E-state index contributed by atoms with van der Waals surface area (Å²) >= 11 is 0. The van der Waals surface area contributed by atoms with Gasteiger partial charge in [0.2, 0.25) is 0 Å². The number of anilines is 2. The van der Waals surface area contributed by atoms with Gasteiger partial charge in [0.25, 0.3) is 5.91 Å². The van der Waals surface area contributed by atoms with Crippen LogP contribution < -0.4 is 10.6 Å². The van der Waals surface area contributed by atoms with E-state index in [1.165, 1.54) is 0 Å². The zero-order valence-electron chi connectivity index (χ0n) is 10.2. The Morgan fingerprint density at radius 3 is 2.56 bits per heavy atom. The van der Waals surface area contributed by atoms with Crippen LogP contribution >= 0.6 is 0 Å². The molecule has 1 aromatic heterocycles. The van der Waals surface area contributed by atoms with Crippen molar-refractivity contribution in [2.45, 2.75) is 6.92 Å². The lowest BCUT2D eigenvalue weighted by molar-refractivity contribution is 0.102. The summed E-state index contributed by atoms with van der Waals surface area (Å²) in [6.07, 6.45) is 1.64. The Balaban J connectivity index is 2.03. The summed E-state index contributed by atoms with van der Waals surface area (Å²) in [6, 6.07) is 12.8. The largest absolute Gasteiger partial charge is 0.370 e. The maximum atomic E-state index is 11.9. The molecule has 0 unspecified atom stereocenters. The third-order valence-electron chi connectivity index (χ3n) is 2.42. The number of hydrogen-bond donors (Lipinski definition) is 2. The van der Waals surface area contributed by atoms with Gasteiger partial charge in [0.05, 0.1) is 11.9 Å². The lowest BCUT2D eigenvalue weighted by atomic mass is 10.2. The van der Waals surface area contributed by atoms with Crippen LogP contribution in [-0.4, -0.2) is 17.4 Å². The van der Waals surface area contributed by atoms with Crippen molar-refractivity contribution >= 4 is 17.4 Å². The minimum atomic E-state index is -0.131. The molecule has 0 saturated carbocycles. The summed E-state index contributed by atoms with van der Waals surface area (Å²) < 4.78 is 0. The van der Waals surface area contributed by atoms with Gasteiger partial charge in [-0.3, -0.25) is 4.79 Å². The first kappa shape index (κ1) is 12.1. The fourth-order valence-electron chi connectivity index (χ4n) is 1.55. The van der Waals surface area contributed by atoms with E-state index < -0.39 is 0 Å². The van der Waals surface area contributed by atoms with Crippen LogP contribution in [-0.2, 0) is 0 Å². The molecule has 1 heterocycles. The van der Waals surface area contributed by atoms with Crippen molar-refractivity contribution in [3.8, 4) is 0 Å². The van der Waals surface area contributed by atoms with Crippen molar-refractivity contribution in [3.05, 3.63) is 54.2 Å². The average molecular weight is 241 g/mol. The van der Waals surface area contributed by atoms with Crippen LogP contribution in [0.25, 0.3) is 0 Å². The van der Waals surface area contributed by atoms with Gasteiger partial charge in [0.15, 0.2) is 0 Å². The van der Waals surface area contributed by atoms with Crippen LogP contribution in [0.2, 0.25) is 0 Å². The fourth-order valence-corrected chi connectivity index (χ4v) is 1.55. The summed E-state index contributed by atoms with van der Waals surface area (Å²) in [6.45, 7) is 2.83. The van der Waals surface area contributed by atoms with E-state index in [9.17, 15) is 4.79 Å². The molecule has 1 amide bonds. The number of benzene rings is 1. The van der Waals surface area contributed by atoms with Crippen LogP contribution in [0.1, 0.15) is 17.3 Å². The average Bonchev–Trinajstić information content (AvgIpc) is 2.42. The van der Waals surface area contributed by atoms with E-state index in [2.05, 4.69) is 15.6 Å². The minimum absolute atomic E-state index is 0.131. The van der Waals surface area contributed by atoms with Gasteiger partial charge in [-0.25, -0.2) is 4.98 Å². The van der Waals surface area contributed by atoms with Gasteiger partial charge in [-0.1, -0.05) is 18.2 Å². The summed E-state index contributed by atoms with van der Waals surface area (Å²) in [5.41, 5.74) is 1.32. The van der Waals surface area contributed by atoms with Crippen LogP contribution in [0.15, 0.2) is 48.7 Å². The molecule has 2 N–H and O–H groups in total. The molecule has 0 aliphatic carbocycles. The van der Waals surface area contributed by atoms with Gasteiger partial charge < -0.3 is 10.6 Å². The van der Waals surface area contributed by atoms with Crippen molar-refractivity contribution in [2.24, 2.45) is 0 Å². The molecule has 0 fully saturated rings. The van der Waals surface area contributed by atoms with Crippen LogP contribution in [0.4, 0.5) is 11.5 Å². The number of nitrogens with one attached hydrogen (secondary N) is 2. The smallest absolute Gasteiger partial charge is 0.255 e. The van der Waals surface area contributed by atoms with Gasteiger partial charge >= 0.3 is 0 Å². The molecule has 0 radical (unpaired) electrons. The fraction of sp³-hybridized carbons (Fsp3) is 0.143. The normalized spacial score (nSPS) is 9.83. The monoisotopic (exact) mass is 241 g/mol. The molecule has 4 heteroatoms. The zero-order chi connectivity index (χ0) is 12.8. The van der Waals surface area contributed by atoms with Crippen molar-refractivity contribution in [2.75, 3.05) is 17.2 Å². The zero-order valence-corrected chi connectivity index (χ0v) is 10.2. The lowest BCUT2D eigenvalue weighted by Gasteiger charge is -2.06. The Hall–Kier alpha value is -2.36. The highest BCUT2D eigenvalue weighted by atomic mass is 16.1. The molecule has 92 valence electrons. The van der Waals surface area contributed by atoms with E-state index in [4.69, 9.17) is 0 Å². The number of amides is 1. The molecule has 0 saturated heterocycles. The molecule has 0 atom stereocenters. The Kier molecular flexibility index (Phi) is 3.91. The number of carbonyl (C=O) groups excluding carboxylic acids is 1. The van der Waals surface area contributed by atoms with E-state index in [1.54, 1.807) is 18.3 Å². The number of nitrogens with zero attached hydrogens (tertiary/aromatic N) is 1. The third-order valence-corrected chi connectivity index (χ3v) is 2.42. The second-order valence-corrected chi connectivity index (χ2v) is 3.78.